The quantitative estimate of drug-likeness (QED) is 0.710. The number of aliphatic carboxylic acids is 1. The molecular formula is C12H18O2S2. The van der Waals surface area contributed by atoms with E-state index in [1.807, 2.05) is 17.5 Å². The number of hydrogen-bond acceptors (Lipinski definition) is 3. The van der Waals surface area contributed by atoms with Crippen molar-refractivity contribution in [1.29, 1.82) is 0 Å². The molecule has 0 aliphatic heterocycles. The Balaban J connectivity index is 2.33. The van der Waals surface area contributed by atoms with E-state index in [0.29, 0.717) is 0 Å². The fourth-order valence-corrected chi connectivity index (χ4v) is 3.50. The molecule has 0 aliphatic rings. The second kappa shape index (κ2) is 7.74. The predicted molar refractivity (Wildman–Crippen MR) is 71.3 cm³/mol. The molecule has 4 heteroatoms. The smallest absolute Gasteiger partial charge is 0.322 e. The van der Waals surface area contributed by atoms with E-state index in [2.05, 4.69) is 6.92 Å². The van der Waals surface area contributed by atoms with Crippen molar-refractivity contribution in [3.8, 4) is 0 Å². The first-order valence-corrected chi connectivity index (χ1v) is 7.56. The molecule has 16 heavy (non-hydrogen) atoms. The summed E-state index contributed by atoms with van der Waals surface area (Å²) in [6.45, 7) is 2.18. The van der Waals surface area contributed by atoms with Crippen LogP contribution in [0.25, 0.3) is 0 Å². The molecule has 0 saturated carbocycles. The first kappa shape index (κ1) is 13.6. The maximum absolute atomic E-state index is 11.1. The first-order valence-electron chi connectivity index (χ1n) is 5.63. The Labute approximate surface area is 105 Å². The van der Waals surface area contributed by atoms with E-state index in [9.17, 15) is 4.79 Å². The molecular weight excluding hydrogens is 240 g/mol. The maximum Gasteiger partial charge on any atom is 0.322 e. The zero-order valence-electron chi connectivity index (χ0n) is 9.52. The normalized spacial score (nSPS) is 12.6. The van der Waals surface area contributed by atoms with Crippen molar-refractivity contribution >= 4 is 29.1 Å². The molecule has 0 aliphatic carbocycles. The lowest BCUT2D eigenvalue weighted by Crippen LogP contribution is -2.07. The Kier molecular flexibility index (Phi) is 6.57. The minimum Gasteiger partial charge on any atom is -0.480 e. The highest BCUT2D eigenvalue weighted by atomic mass is 32.2. The Hall–Kier alpha value is -0.480. The summed E-state index contributed by atoms with van der Waals surface area (Å²) in [5.74, 6) is 0.220. The van der Waals surface area contributed by atoms with Crippen LogP contribution in [0.4, 0.5) is 0 Å². The zero-order valence-corrected chi connectivity index (χ0v) is 11.1. The van der Waals surface area contributed by atoms with E-state index < -0.39 is 5.97 Å². The van der Waals surface area contributed by atoms with Gasteiger partial charge in [-0.1, -0.05) is 32.3 Å². The SMILES string of the molecule is CCCCCCS[C@@H](C(=O)O)c1cccs1. The van der Waals surface area contributed by atoms with Gasteiger partial charge in [0.05, 0.1) is 0 Å². The Morgan fingerprint density at radius 2 is 2.31 bits per heavy atom. The van der Waals surface area contributed by atoms with Crippen LogP contribution in [0, 0.1) is 0 Å². The van der Waals surface area contributed by atoms with Gasteiger partial charge in [0.2, 0.25) is 0 Å². The van der Waals surface area contributed by atoms with Crippen molar-refractivity contribution in [1.82, 2.24) is 0 Å². The van der Waals surface area contributed by atoms with Gasteiger partial charge in [0.25, 0.3) is 0 Å². The summed E-state index contributed by atoms with van der Waals surface area (Å²) in [5, 5.41) is 10.7. The molecule has 0 aromatic carbocycles. The van der Waals surface area contributed by atoms with Gasteiger partial charge >= 0.3 is 5.97 Å². The topological polar surface area (TPSA) is 37.3 Å². The van der Waals surface area contributed by atoms with Crippen LogP contribution >= 0.6 is 23.1 Å². The molecule has 0 unspecified atom stereocenters. The van der Waals surface area contributed by atoms with Gasteiger partial charge in [-0.25, -0.2) is 0 Å². The molecule has 0 bridgehead atoms. The average molecular weight is 258 g/mol. The molecule has 1 heterocycles. The minimum atomic E-state index is -0.719. The first-order chi connectivity index (χ1) is 7.75. The van der Waals surface area contributed by atoms with E-state index in [1.54, 1.807) is 11.8 Å². The summed E-state index contributed by atoms with van der Waals surface area (Å²) in [4.78, 5) is 12.1. The van der Waals surface area contributed by atoms with Crippen LogP contribution in [0.1, 0.15) is 42.7 Å². The monoisotopic (exact) mass is 258 g/mol. The van der Waals surface area contributed by atoms with Crippen molar-refractivity contribution < 1.29 is 9.90 Å². The number of unbranched alkanes of at least 4 members (excludes halogenated alkanes) is 3. The Morgan fingerprint density at radius 1 is 1.50 bits per heavy atom. The standard InChI is InChI=1S/C12H18O2S2/c1-2-3-4-5-8-16-11(12(13)14)10-7-6-9-15-10/h6-7,9,11H,2-5,8H2,1H3,(H,13,14)/t11-/m1/s1. The molecule has 2 nitrogen and oxygen atoms in total. The summed E-state index contributed by atoms with van der Waals surface area (Å²) < 4.78 is 0. The van der Waals surface area contributed by atoms with Gasteiger partial charge in [0.1, 0.15) is 5.25 Å². The van der Waals surface area contributed by atoms with Crippen molar-refractivity contribution in [2.75, 3.05) is 5.75 Å². The van der Waals surface area contributed by atoms with Crippen LogP contribution in [0.15, 0.2) is 17.5 Å². The highest BCUT2D eigenvalue weighted by Gasteiger charge is 2.20. The third-order valence-electron chi connectivity index (χ3n) is 2.31. The second-order valence-corrected chi connectivity index (χ2v) is 5.86. The fraction of sp³-hybridized carbons (Fsp3) is 0.583. The number of thioether (sulfide) groups is 1. The van der Waals surface area contributed by atoms with Crippen molar-refractivity contribution in [3.05, 3.63) is 22.4 Å². The van der Waals surface area contributed by atoms with E-state index in [1.165, 1.54) is 30.6 Å². The summed E-state index contributed by atoms with van der Waals surface area (Å²) in [6.07, 6.45) is 4.79. The number of carbonyl (C=O) groups is 1. The summed E-state index contributed by atoms with van der Waals surface area (Å²) in [6, 6.07) is 3.82. The molecule has 90 valence electrons. The highest BCUT2D eigenvalue weighted by molar-refractivity contribution is 8.00. The Bertz CT molecular complexity index is 296. The van der Waals surface area contributed by atoms with Crippen LogP contribution in [-0.2, 0) is 4.79 Å². The van der Waals surface area contributed by atoms with Crippen LogP contribution in [0.2, 0.25) is 0 Å². The lowest BCUT2D eigenvalue weighted by atomic mass is 10.2. The van der Waals surface area contributed by atoms with Crippen LogP contribution < -0.4 is 0 Å². The van der Waals surface area contributed by atoms with Gasteiger partial charge in [-0.2, -0.15) is 0 Å². The number of thiophene rings is 1. The van der Waals surface area contributed by atoms with E-state index in [0.717, 1.165) is 17.1 Å². The molecule has 1 atom stereocenters. The van der Waals surface area contributed by atoms with Gasteiger partial charge in [-0.3, -0.25) is 4.79 Å². The van der Waals surface area contributed by atoms with Crippen LogP contribution in [-0.4, -0.2) is 16.8 Å². The molecule has 1 rings (SSSR count). The van der Waals surface area contributed by atoms with Gasteiger partial charge in [-0.05, 0) is 23.6 Å². The zero-order chi connectivity index (χ0) is 11.8. The number of carboxylic acids is 1. The third kappa shape index (κ3) is 4.58. The molecule has 0 spiro atoms. The van der Waals surface area contributed by atoms with Crippen molar-refractivity contribution in [3.63, 3.8) is 0 Å². The van der Waals surface area contributed by atoms with Gasteiger partial charge in [-0.15, -0.1) is 23.1 Å². The maximum atomic E-state index is 11.1. The van der Waals surface area contributed by atoms with E-state index >= 15 is 0 Å². The summed E-state index contributed by atoms with van der Waals surface area (Å²) in [5.41, 5.74) is 0. The van der Waals surface area contributed by atoms with Crippen molar-refractivity contribution in [2.24, 2.45) is 0 Å². The van der Waals surface area contributed by atoms with Crippen molar-refractivity contribution in [2.45, 2.75) is 37.9 Å². The molecule has 1 aromatic heterocycles. The van der Waals surface area contributed by atoms with Crippen LogP contribution in [0.5, 0.6) is 0 Å². The largest absolute Gasteiger partial charge is 0.480 e. The van der Waals surface area contributed by atoms with E-state index in [-0.39, 0.29) is 5.25 Å². The molecule has 0 amide bonds. The van der Waals surface area contributed by atoms with Gasteiger partial charge < -0.3 is 5.11 Å². The average Bonchev–Trinajstić information content (AvgIpc) is 2.76. The molecule has 0 radical (unpaired) electrons. The molecule has 0 fully saturated rings. The Morgan fingerprint density at radius 3 is 2.88 bits per heavy atom. The van der Waals surface area contributed by atoms with E-state index in [4.69, 9.17) is 5.11 Å². The summed E-state index contributed by atoms with van der Waals surface area (Å²) in [7, 11) is 0. The number of carboxylic acid groups (broad SMARTS) is 1. The molecule has 1 aromatic rings. The predicted octanol–water partition coefficient (Wildman–Crippen LogP) is 4.19. The number of hydrogen-bond donors (Lipinski definition) is 1. The minimum absolute atomic E-state index is 0.373. The van der Waals surface area contributed by atoms with Gasteiger partial charge in [0.15, 0.2) is 0 Å². The third-order valence-corrected chi connectivity index (χ3v) is 4.71. The molecule has 0 saturated heterocycles. The molecule has 1 N–H and O–H groups in total. The van der Waals surface area contributed by atoms with Gasteiger partial charge in [0, 0.05) is 4.88 Å². The fourth-order valence-electron chi connectivity index (χ4n) is 1.45. The van der Waals surface area contributed by atoms with Crippen LogP contribution in [0.3, 0.4) is 0 Å². The highest BCUT2D eigenvalue weighted by Crippen LogP contribution is 2.32. The lowest BCUT2D eigenvalue weighted by Gasteiger charge is -2.09. The number of rotatable bonds is 8. The second-order valence-electron chi connectivity index (χ2n) is 3.67. The summed E-state index contributed by atoms with van der Waals surface area (Å²) >= 11 is 3.07. The lowest BCUT2D eigenvalue weighted by molar-refractivity contribution is -0.136.